The summed E-state index contributed by atoms with van der Waals surface area (Å²) in [7, 11) is -3.65. The summed E-state index contributed by atoms with van der Waals surface area (Å²) in [6.45, 7) is 1.18. The number of aromatic nitrogens is 1. The van der Waals surface area contributed by atoms with Crippen LogP contribution in [0.5, 0.6) is 0 Å². The van der Waals surface area contributed by atoms with E-state index in [9.17, 15) is 18.0 Å². The van der Waals surface area contributed by atoms with Crippen LogP contribution >= 0.6 is 11.3 Å². The first-order valence-electron chi connectivity index (χ1n) is 9.88. The van der Waals surface area contributed by atoms with Crippen molar-refractivity contribution in [2.24, 2.45) is 0 Å². The number of amides is 1. The van der Waals surface area contributed by atoms with E-state index in [0.29, 0.717) is 25.2 Å². The molecule has 0 spiro atoms. The zero-order valence-corrected chi connectivity index (χ0v) is 18.0. The predicted molar refractivity (Wildman–Crippen MR) is 114 cm³/mol. The Balaban J connectivity index is 1.54. The first-order chi connectivity index (χ1) is 14.4. The first kappa shape index (κ1) is 20.8. The summed E-state index contributed by atoms with van der Waals surface area (Å²) in [5.41, 5.74) is 0.544. The molecule has 1 aliphatic rings. The van der Waals surface area contributed by atoms with Gasteiger partial charge in [0, 0.05) is 24.0 Å². The second-order valence-corrected chi connectivity index (χ2v) is 10.2. The summed E-state index contributed by atoms with van der Waals surface area (Å²) in [6.07, 6.45) is 3.73. The van der Waals surface area contributed by atoms with E-state index in [2.05, 4.69) is 5.32 Å². The van der Waals surface area contributed by atoms with E-state index in [-0.39, 0.29) is 22.9 Å². The number of hydrogen-bond acceptors (Lipinski definition) is 6. The fourth-order valence-electron chi connectivity index (χ4n) is 3.59. The molecule has 160 valence electrons. The highest BCUT2D eigenvalue weighted by molar-refractivity contribution is 7.89. The van der Waals surface area contributed by atoms with Gasteiger partial charge in [-0.2, -0.15) is 4.31 Å². The van der Waals surface area contributed by atoms with Gasteiger partial charge >= 0.3 is 5.76 Å². The molecule has 10 heteroatoms. The van der Waals surface area contributed by atoms with Crippen molar-refractivity contribution < 1.29 is 17.6 Å². The number of hydrogen-bond donors (Lipinski definition) is 1. The van der Waals surface area contributed by atoms with Crippen LogP contribution in [0.1, 0.15) is 30.6 Å². The predicted octanol–water partition coefficient (Wildman–Crippen LogP) is 2.54. The van der Waals surface area contributed by atoms with Gasteiger partial charge in [-0.05, 0) is 36.4 Å². The number of benzene rings is 1. The molecular formula is C20H23N3O5S2. The standard InChI is InChI=1S/C20H23N3O5S2/c24-19(21-13-15-6-5-11-29-15)14-23-17-8-7-16(12-18(17)28-20(23)25)30(26,27)22-9-3-1-2-4-10-22/h5-8,11-12H,1-4,9-10,13-14H2,(H,21,24). The summed E-state index contributed by atoms with van der Waals surface area (Å²) < 4.78 is 33.9. The van der Waals surface area contributed by atoms with E-state index in [1.807, 2.05) is 17.5 Å². The fourth-order valence-corrected chi connectivity index (χ4v) is 5.76. The Morgan fingerprint density at radius 1 is 1.13 bits per heavy atom. The van der Waals surface area contributed by atoms with Crippen LogP contribution in [0.4, 0.5) is 0 Å². The van der Waals surface area contributed by atoms with Crippen LogP contribution in [0.15, 0.2) is 49.8 Å². The highest BCUT2D eigenvalue weighted by Gasteiger charge is 2.26. The number of sulfonamides is 1. The van der Waals surface area contributed by atoms with Gasteiger partial charge in [-0.25, -0.2) is 13.2 Å². The molecule has 0 saturated carbocycles. The van der Waals surface area contributed by atoms with Gasteiger partial charge in [0.25, 0.3) is 0 Å². The van der Waals surface area contributed by atoms with E-state index in [1.165, 1.54) is 38.4 Å². The maximum absolute atomic E-state index is 13.0. The summed E-state index contributed by atoms with van der Waals surface area (Å²) in [4.78, 5) is 25.6. The van der Waals surface area contributed by atoms with Crippen molar-refractivity contribution in [3.8, 4) is 0 Å². The van der Waals surface area contributed by atoms with Gasteiger partial charge in [0.15, 0.2) is 5.58 Å². The lowest BCUT2D eigenvalue weighted by atomic mass is 10.2. The number of thiophene rings is 1. The van der Waals surface area contributed by atoms with E-state index >= 15 is 0 Å². The second-order valence-electron chi connectivity index (χ2n) is 7.26. The molecule has 0 unspecified atom stereocenters. The van der Waals surface area contributed by atoms with E-state index < -0.39 is 15.8 Å². The molecule has 1 aliphatic heterocycles. The van der Waals surface area contributed by atoms with Gasteiger partial charge in [0.05, 0.1) is 17.0 Å². The molecule has 1 N–H and O–H groups in total. The molecule has 0 atom stereocenters. The summed E-state index contributed by atoms with van der Waals surface area (Å²) in [5.74, 6) is -1.02. The molecule has 1 saturated heterocycles. The molecule has 0 bridgehead atoms. The number of rotatable bonds is 6. The lowest BCUT2D eigenvalue weighted by Gasteiger charge is -2.19. The van der Waals surface area contributed by atoms with E-state index in [0.717, 1.165) is 30.6 Å². The smallest absolute Gasteiger partial charge is 0.408 e. The third-order valence-electron chi connectivity index (χ3n) is 5.18. The van der Waals surface area contributed by atoms with E-state index in [1.54, 1.807) is 0 Å². The first-order valence-corrected chi connectivity index (χ1v) is 12.2. The fraction of sp³-hybridized carbons (Fsp3) is 0.400. The summed E-state index contributed by atoms with van der Waals surface area (Å²) in [6, 6.07) is 8.18. The Bertz CT molecular complexity index is 1190. The molecule has 0 radical (unpaired) electrons. The van der Waals surface area contributed by atoms with Crippen LogP contribution in [-0.2, 0) is 27.9 Å². The molecule has 1 fully saturated rings. The molecular weight excluding hydrogens is 426 g/mol. The van der Waals surface area contributed by atoms with Crippen molar-refractivity contribution in [3.63, 3.8) is 0 Å². The monoisotopic (exact) mass is 449 g/mol. The van der Waals surface area contributed by atoms with Crippen molar-refractivity contribution in [2.45, 2.75) is 43.7 Å². The Kier molecular flexibility index (Phi) is 6.07. The number of carbonyl (C=O) groups excluding carboxylic acids is 1. The Labute approximate surface area is 178 Å². The normalized spacial score (nSPS) is 15.9. The minimum atomic E-state index is -3.65. The quantitative estimate of drug-likeness (QED) is 0.623. The molecule has 0 aliphatic carbocycles. The molecule has 1 amide bonds. The van der Waals surface area contributed by atoms with Gasteiger partial charge in [0.2, 0.25) is 15.9 Å². The van der Waals surface area contributed by atoms with Gasteiger partial charge in [-0.3, -0.25) is 9.36 Å². The van der Waals surface area contributed by atoms with Crippen LogP contribution in [0.3, 0.4) is 0 Å². The third-order valence-corrected chi connectivity index (χ3v) is 7.96. The maximum atomic E-state index is 13.0. The topological polar surface area (TPSA) is 102 Å². The molecule has 30 heavy (non-hydrogen) atoms. The number of nitrogens with zero attached hydrogens (tertiary/aromatic N) is 2. The van der Waals surface area contributed by atoms with Crippen molar-refractivity contribution >= 4 is 38.4 Å². The second kappa shape index (κ2) is 8.75. The molecule has 2 aromatic heterocycles. The largest absolute Gasteiger partial charge is 0.420 e. The average Bonchev–Trinajstić information content (AvgIpc) is 3.24. The zero-order valence-electron chi connectivity index (χ0n) is 16.4. The van der Waals surface area contributed by atoms with E-state index in [4.69, 9.17) is 4.42 Å². The molecule has 4 rings (SSSR count). The number of carbonyl (C=O) groups is 1. The van der Waals surface area contributed by atoms with Gasteiger partial charge in [0.1, 0.15) is 6.54 Å². The van der Waals surface area contributed by atoms with Crippen LogP contribution in [0, 0.1) is 0 Å². The van der Waals surface area contributed by atoms with Crippen molar-refractivity contribution in [3.05, 3.63) is 51.1 Å². The minimum absolute atomic E-state index is 0.0972. The lowest BCUT2D eigenvalue weighted by molar-refractivity contribution is -0.121. The molecule has 1 aromatic carbocycles. The number of fused-ring (bicyclic) bond motifs is 1. The van der Waals surface area contributed by atoms with Crippen LogP contribution in [0.25, 0.3) is 11.1 Å². The summed E-state index contributed by atoms with van der Waals surface area (Å²) in [5, 5.41) is 4.69. The molecule has 3 aromatic rings. The van der Waals surface area contributed by atoms with Gasteiger partial charge < -0.3 is 9.73 Å². The van der Waals surface area contributed by atoms with Crippen molar-refractivity contribution in [2.75, 3.05) is 13.1 Å². The SMILES string of the molecule is O=C(Cn1c(=O)oc2cc(S(=O)(=O)N3CCCCCC3)ccc21)NCc1cccs1. The Morgan fingerprint density at radius 3 is 2.60 bits per heavy atom. The third kappa shape index (κ3) is 4.35. The Morgan fingerprint density at radius 2 is 1.90 bits per heavy atom. The lowest BCUT2D eigenvalue weighted by Crippen LogP contribution is -2.32. The number of oxazole rings is 1. The minimum Gasteiger partial charge on any atom is -0.408 e. The van der Waals surface area contributed by atoms with Crippen molar-refractivity contribution in [1.82, 2.24) is 14.2 Å². The van der Waals surface area contributed by atoms with Crippen LogP contribution < -0.4 is 11.1 Å². The molecule has 3 heterocycles. The highest BCUT2D eigenvalue weighted by Crippen LogP contribution is 2.24. The van der Waals surface area contributed by atoms with Crippen LogP contribution in [0.2, 0.25) is 0 Å². The highest BCUT2D eigenvalue weighted by atomic mass is 32.2. The Hall–Kier alpha value is -2.43. The van der Waals surface area contributed by atoms with Crippen molar-refractivity contribution in [1.29, 1.82) is 0 Å². The van der Waals surface area contributed by atoms with Gasteiger partial charge in [-0.15, -0.1) is 11.3 Å². The van der Waals surface area contributed by atoms with Gasteiger partial charge in [-0.1, -0.05) is 18.9 Å². The van der Waals surface area contributed by atoms with Crippen LogP contribution in [-0.4, -0.2) is 36.3 Å². The summed E-state index contributed by atoms with van der Waals surface area (Å²) >= 11 is 1.53. The average molecular weight is 450 g/mol. The zero-order chi connectivity index (χ0) is 21.1. The molecule has 8 nitrogen and oxygen atoms in total. The number of nitrogens with one attached hydrogen (secondary N) is 1. The maximum Gasteiger partial charge on any atom is 0.420 e.